The van der Waals surface area contributed by atoms with E-state index >= 15 is 0 Å². The number of aldehydes is 1. The molecule has 8 heteroatoms. The van der Waals surface area contributed by atoms with Gasteiger partial charge in [-0.3, -0.25) is 0 Å². The van der Waals surface area contributed by atoms with Crippen molar-refractivity contribution in [3.63, 3.8) is 0 Å². The lowest BCUT2D eigenvalue weighted by Crippen LogP contribution is -2.40. The maximum Gasteiger partial charge on any atom is 0.416 e. The molecule has 0 radical (unpaired) electrons. The van der Waals surface area contributed by atoms with Crippen molar-refractivity contribution >= 4 is 23.3 Å². The smallest absolute Gasteiger partial charge is 0.416 e. The topological polar surface area (TPSA) is 51.5 Å². The van der Waals surface area contributed by atoms with E-state index in [2.05, 4.69) is 12.1 Å². The predicted molar refractivity (Wildman–Crippen MR) is 159 cm³/mol. The van der Waals surface area contributed by atoms with Gasteiger partial charge in [-0.25, -0.2) is 4.79 Å². The molecule has 0 N–H and O–H groups in total. The van der Waals surface area contributed by atoms with Crippen LogP contribution in [-0.2, 0) is 28.7 Å². The van der Waals surface area contributed by atoms with Gasteiger partial charge in [0.2, 0.25) is 0 Å². The van der Waals surface area contributed by atoms with Gasteiger partial charge in [0.1, 0.15) is 12.9 Å². The molecule has 0 spiro atoms. The standard InChI is InChI=1S/C35H29F3N2O3/c1-39(34(42)43-22-32-30-11-4-2-9-28(30)29-10-3-5-12-31(29)32)26(21-41)18-24-20-40(33-13-7-6-8-27(24)33)19-23-14-16-25(17-15-23)35(36,37)38/h2-17,20-21,26,32H,18-19,22H2,1H3. The average molecular weight is 583 g/mol. The molecule has 0 fully saturated rings. The van der Waals surface area contributed by atoms with Crippen LogP contribution in [-0.4, -0.2) is 41.5 Å². The van der Waals surface area contributed by atoms with Gasteiger partial charge in [0.25, 0.3) is 0 Å². The summed E-state index contributed by atoms with van der Waals surface area (Å²) >= 11 is 0. The molecule has 6 rings (SSSR count). The Morgan fingerprint density at radius 1 is 0.907 bits per heavy atom. The van der Waals surface area contributed by atoms with Crippen LogP contribution in [0.4, 0.5) is 18.0 Å². The summed E-state index contributed by atoms with van der Waals surface area (Å²) in [6.45, 7) is 0.502. The molecule has 43 heavy (non-hydrogen) atoms. The number of para-hydroxylation sites is 1. The number of ether oxygens (including phenoxy) is 1. The van der Waals surface area contributed by atoms with Crippen LogP contribution in [0.5, 0.6) is 0 Å². The fraction of sp³-hybridized carbons (Fsp3) is 0.200. The summed E-state index contributed by atoms with van der Waals surface area (Å²) in [4.78, 5) is 26.7. The van der Waals surface area contributed by atoms with E-state index in [1.165, 1.54) is 17.0 Å². The lowest BCUT2D eigenvalue weighted by molar-refractivity contribution is -0.137. The van der Waals surface area contributed by atoms with Gasteiger partial charge in [0, 0.05) is 43.0 Å². The lowest BCUT2D eigenvalue weighted by Gasteiger charge is -2.24. The molecule has 1 amide bonds. The first-order valence-electron chi connectivity index (χ1n) is 14.0. The zero-order valence-electron chi connectivity index (χ0n) is 23.4. The van der Waals surface area contributed by atoms with Crippen molar-refractivity contribution in [3.05, 3.63) is 131 Å². The normalized spacial score (nSPS) is 13.4. The average Bonchev–Trinajstić information content (AvgIpc) is 3.53. The summed E-state index contributed by atoms with van der Waals surface area (Å²) in [6.07, 6.45) is -2.10. The van der Waals surface area contributed by atoms with Crippen LogP contribution in [0.3, 0.4) is 0 Å². The molecular weight excluding hydrogens is 553 g/mol. The number of fused-ring (bicyclic) bond motifs is 4. The minimum atomic E-state index is -4.39. The van der Waals surface area contributed by atoms with Gasteiger partial charge in [-0.05, 0) is 51.6 Å². The first-order valence-corrected chi connectivity index (χ1v) is 14.0. The molecule has 0 bridgehead atoms. The van der Waals surface area contributed by atoms with E-state index in [0.717, 1.165) is 57.1 Å². The van der Waals surface area contributed by atoms with Gasteiger partial charge < -0.3 is 19.0 Å². The van der Waals surface area contributed by atoms with E-state index in [9.17, 15) is 22.8 Å². The molecular formula is C35H29F3N2O3. The number of amides is 1. The minimum Gasteiger partial charge on any atom is -0.448 e. The Morgan fingerprint density at radius 3 is 2.14 bits per heavy atom. The van der Waals surface area contributed by atoms with Crippen molar-refractivity contribution in [2.45, 2.75) is 31.1 Å². The highest BCUT2D eigenvalue weighted by Gasteiger charge is 2.31. The van der Waals surface area contributed by atoms with E-state index in [1.807, 2.05) is 71.4 Å². The van der Waals surface area contributed by atoms with Crippen LogP contribution in [0.1, 0.15) is 33.7 Å². The summed E-state index contributed by atoms with van der Waals surface area (Å²) in [5, 5.41) is 0.905. The Hall–Kier alpha value is -4.85. The molecule has 218 valence electrons. The van der Waals surface area contributed by atoms with Crippen molar-refractivity contribution < 1.29 is 27.5 Å². The molecule has 5 nitrogen and oxygen atoms in total. The number of halogens is 3. The fourth-order valence-corrected chi connectivity index (χ4v) is 5.95. The van der Waals surface area contributed by atoms with Crippen LogP contribution in [0.15, 0.2) is 103 Å². The SMILES string of the molecule is CN(C(=O)OCC1c2ccccc2-c2ccccc21)C(C=O)Cc1cn(Cc2ccc(C(F)(F)F)cc2)c2ccccc12. The monoisotopic (exact) mass is 582 g/mol. The number of alkyl halides is 3. The fourth-order valence-electron chi connectivity index (χ4n) is 5.95. The number of nitrogens with zero attached hydrogens (tertiary/aromatic N) is 2. The van der Waals surface area contributed by atoms with E-state index in [0.29, 0.717) is 12.1 Å². The van der Waals surface area contributed by atoms with Gasteiger partial charge in [-0.2, -0.15) is 13.2 Å². The highest BCUT2D eigenvalue weighted by molar-refractivity contribution is 5.85. The molecule has 0 saturated carbocycles. The van der Waals surface area contributed by atoms with Crippen LogP contribution >= 0.6 is 0 Å². The van der Waals surface area contributed by atoms with Crippen molar-refractivity contribution in [2.75, 3.05) is 13.7 Å². The van der Waals surface area contributed by atoms with Gasteiger partial charge in [0.15, 0.2) is 0 Å². The molecule has 1 unspecified atom stereocenters. The first-order chi connectivity index (χ1) is 20.7. The van der Waals surface area contributed by atoms with E-state index in [4.69, 9.17) is 4.74 Å². The predicted octanol–water partition coefficient (Wildman–Crippen LogP) is 7.70. The van der Waals surface area contributed by atoms with Crippen molar-refractivity contribution in [1.29, 1.82) is 0 Å². The number of carbonyl (C=O) groups excluding carboxylic acids is 2. The Kier molecular flexibility index (Phi) is 7.52. The summed E-state index contributed by atoms with van der Waals surface area (Å²) in [5.74, 6) is -0.0948. The second kappa shape index (κ2) is 11.4. The van der Waals surface area contributed by atoms with Crippen LogP contribution in [0.25, 0.3) is 22.0 Å². The lowest BCUT2D eigenvalue weighted by atomic mass is 9.98. The highest BCUT2D eigenvalue weighted by atomic mass is 19.4. The van der Waals surface area contributed by atoms with Gasteiger partial charge >= 0.3 is 12.3 Å². The number of rotatable bonds is 8. The number of carbonyl (C=O) groups is 2. The number of hydrogen-bond donors (Lipinski definition) is 0. The second-order valence-corrected chi connectivity index (χ2v) is 10.8. The third-order valence-electron chi connectivity index (χ3n) is 8.21. The van der Waals surface area contributed by atoms with Crippen molar-refractivity contribution in [1.82, 2.24) is 9.47 Å². The zero-order valence-corrected chi connectivity index (χ0v) is 23.4. The molecule has 0 saturated heterocycles. The Labute approximate surface area is 247 Å². The van der Waals surface area contributed by atoms with E-state index in [-0.39, 0.29) is 18.9 Å². The third-order valence-corrected chi connectivity index (χ3v) is 8.21. The van der Waals surface area contributed by atoms with Crippen LogP contribution in [0, 0.1) is 0 Å². The number of likely N-dealkylation sites (N-methyl/N-ethyl adjacent to an activating group) is 1. The third kappa shape index (κ3) is 5.52. The molecule has 0 aliphatic heterocycles. The van der Waals surface area contributed by atoms with Gasteiger partial charge in [0.05, 0.1) is 11.6 Å². The number of aromatic nitrogens is 1. The highest BCUT2D eigenvalue weighted by Crippen LogP contribution is 2.44. The molecule has 1 heterocycles. The van der Waals surface area contributed by atoms with Gasteiger partial charge in [-0.1, -0.05) is 78.9 Å². The molecule has 1 aliphatic carbocycles. The second-order valence-electron chi connectivity index (χ2n) is 10.8. The largest absolute Gasteiger partial charge is 0.448 e. The Balaban J connectivity index is 1.17. The van der Waals surface area contributed by atoms with E-state index < -0.39 is 23.9 Å². The number of hydrogen-bond acceptors (Lipinski definition) is 3. The first kappa shape index (κ1) is 28.3. The molecule has 1 aromatic heterocycles. The van der Waals surface area contributed by atoms with E-state index in [1.54, 1.807) is 7.05 Å². The quantitative estimate of drug-likeness (QED) is 0.176. The minimum absolute atomic E-state index is 0.0948. The Morgan fingerprint density at radius 2 is 1.51 bits per heavy atom. The summed E-state index contributed by atoms with van der Waals surface area (Å²) in [7, 11) is 1.55. The van der Waals surface area contributed by atoms with Crippen LogP contribution in [0.2, 0.25) is 0 Å². The Bertz CT molecular complexity index is 1750. The maximum absolute atomic E-state index is 13.2. The molecule has 5 aromatic rings. The molecule has 4 aromatic carbocycles. The molecule has 1 atom stereocenters. The van der Waals surface area contributed by atoms with Crippen molar-refractivity contribution in [3.8, 4) is 11.1 Å². The molecule has 1 aliphatic rings. The van der Waals surface area contributed by atoms with Gasteiger partial charge in [-0.15, -0.1) is 0 Å². The number of benzene rings is 4. The summed E-state index contributed by atoms with van der Waals surface area (Å²) in [6, 6.07) is 28.1. The zero-order chi connectivity index (χ0) is 30.1. The summed E-state index contributed by atoms with van der Waals surface area (Å²) < 4.78 is 46.7. The van der Waals surface area contributed by atoms with Crippen molar-refractivity contribution in [2.24, 2.45) is 0 Å². The van der Waals surface area contributed by atoms with Crippen LogP contribution < -0.4 is 0 Å². The maximum atomic E-state index is 13.2. The summed E-state index contributed by atoms with van der Waals surface area (Å²) in [5.41, 5.74) is 6.21.